The average molecular weight is 470 g/mol. The lowest BCUT2D eigenvalue weighted by atomic mass is 9.93. The van der Waals surface area contributed by atoms with E-state index in [4.69, 9.17) is 15.2 Å². The van der Waals surface area contributed by atoms with E-state index in [9.17, 15) is 4.79 Å². The Morgan fingerprint density at radius 1 is 1.32 bits per heavy atom. The number of guanidine groups is 1. The monoisotopic (exact) mass is 470 g/mol. The molecular weight excluding hydrogens is 435 g/mol. The van der Waals surface area contributed by atoms with Gasteiger partial charge in [0.15, 0.2) is 5.96 Å². The fourth-order valence-corrected chi connectivity index (χ4v) is 2.24. The van der Waals surface area contributed by atoms with Crippen molar-refractivity contribution in [2.45, 2.75) is 40.0 Å². The number of carbonyl (C=O) groups excluding carboxylic acids is 1. The van der Waals surface area contributed by atoms with E-state index in [2.05, 4.69) is 15.6 Å². The van der Waals surface area contributed by atoms with Crippen LogP contribution in [0.4, 0.5) is 0 Å². The number of nitrogens with two attached hydrogens (primary N) is 1. The molecule has 0 bridgehead atoms. The third-order valence-electron chi connectivity index (χ3n) is 4.10. The zero-order valence-electron chi connectivity index (χ0n) is 15.8. The number of primary amides is 1. The third kappa shape index (κ3) is 10.9. The predicted octanol–water partition coefficient (Wildman–Crippen LogP) is 1.50. The van der Waals surface area contributed by atoms with E-state index in [0.29, 0.717) is 18.4 Å². The van der Waals surface area contributed by atoms with Crippen LogP contribution in [0.2, 0.25) is 0 Å². The molecule has 0 aromatic rings. The number of nitrogens with zero attached hydrogens (tertiary/aromatic N) is 1. The van der Waals surface area contributed by atoms with Gasteiger partial charge in [-0.15, -0.1) is 24.0 Å². The Balaban J connectivity index is 0.00000576. The Bertz CT molecular complexity index is 399. The van der Waals surface area contributed by atoms with Crippen molar-refractivity contribution >= 4 is 35.8 Å². The minimum atomic E-state index is -0.644. The molecule has 1 heterocycles. The number of aliphatic imine (C=N–C) groups is 1. The topological polar surface area (TPSA) is 98.0 Å². The molecule has 0 spiro atoms. The lowest BCUT2D eigenvalue weighted by molar-refractivity contribution is -0.125. The van der Waals surface area contributed by atoms with Crippen molar-refractivity contribution in [1.29, 1.82) is 0 Å². The Hall–Kier alpha value is -0.610. The zero-order chi connectivity index (χ0) is 17.8. The van der Waals surface area contributed by atoms with Crippen LogP contribution in [0.25, 0.3) is 0 Å². The number of halogens is 1. The van der Waals surface area contributed by atoms with Crippen molar-refractivity contribution in [3.05, 3.63) is 0 Å². The number of ether oxygens (including phenoxy) is 2. The van der Waals surface area contributed by atoms with Gasteiger partial charge in [0.1, 0.15) is 0 Å². The standard InChI is InChI=1S/C17H34N4O3.HI/c1-4-19-16(21-13-17(2,3)15(18)22)20-8-5-9-24-12-14-6-10-23-11-7-14;/h14H,4-13H2,1-3H3,(H2,18,22)(H2,19,20,21);1H. The van der Waals surface area contributed by atoms with Gasteiger partial charge in [-0.05, 0) is 46.0 Å². The summed E-state index contributed by atoms with van der Waals surface area (Å²) >= 11 is 0. The number of nitrogens with one attached hydrogen (secondary N) is 2. The summed E-state index contributed by atoms with van der Waals surface area (Å²) < 4.78 is 11.1. The fourth-order valence-electron chi connectivity index (χ4n) is 2.24. The zero-order valence-corrected chi connectivity index (χ0v) is 18.1. The number of amides is 1. The minimum Gasteiger partial charge on any atom is -0.381 e. The molecule has 0 saturated carbocycles. The molecule has 1 rings (SSSR count). The van der Waals surface area contributed by atoms with Crippen molar-refractivity contribution in [2.24, 2.45) is 22.1 Å². The van der Waals surface area contributed by atoms with E-state index in [1.807, 2.05) is 6.92 Å². The van der Waals surface area contributed by atoms with E-state index >= 15 is 0 Å². The van der Waals surface area contributed by atoms with Gasteiger partial charge in [-0.2, -0.15) is 0 Å². The SMILES string of the molecule is CCNC(=NCC(C)(C)C(N)=O)NCCCOCC1CCOCC1.I. The Morgan fingerprint density at radius 3 is 2.60 bits per heavy atom. The lowest BCUT2D eigenvalue weighted by Gasteiger charge is -2.21. The van der Waals surface area contributed by atoms with Crippen LogP contribution in [-0.4, -0.2) is 57.9 Å². The molecule has 4 N–H and O–H groups in total. The van der Waals surface area contributed by atoms with Gasteiger partial charge in [0, 0.05) is 39.5 Å². The van der Waals surface area contributed by atoms with Crippen LogP contribution in [0.5, 0.6) is 0 Å². The molecule has 25 heavy (non-hydrogen) atoms. The number of hydrogen-bond acceptors (Lipinski definition) is 4. The predicted molar refractivity (Wildman–Crippen MR) is 111 cm³/mol. The first kappa shape index (κ1) is 24.4. The van der Waals surface area contributed by atoms with Gasteiger partial charge in [0.05, 0.1) is 12.0 Å². The molecule has 1 aliphatic rings. The second-order valence-electron chi connectivity index (χ2n) is 6.85. The highest BCUT2D eigenvalue weighted by Crippen LogP contribution is 2.15. The summed E-state index contributed by atoms with van der Waals surface area (Å²) in [6, 6.07) is 0. The summed E-state index contributed by atoms with van der Waals surface area (Å²) in [6.45, 7) is 10.8. The Labute approximate surface area is 168 Å². The molecule has 0 unspecified atom stereocenters. The third-order valence-corrected chi connectivity index (χ3v) is 4.10. The van der Waals surface area contributed by atoms with Crippen LogP contribution >= 0.6 is 24.0 Å². The van der Waals surface area contributed by atoms with Crippen molar-refractivity contribution in [1.82, 2.24) is 10.6 Å². The van der Waals surface area contributed by atoms with E-state index in [1.54, 1.807) is 13.8 Å². The van der Waals surface area contributed by atoms with E-state index < -0.39 is 5.41 Å². The van der Waals surface area contributed by atoms with Crippen molar-refractivity contribution in [2.75, 3.05) is 46.1 Å². The first-order valence-corrected chi connectivity index (χ1v) is 8.93. The van der Waals surface area contributed by atoms with Gasteiger partial charge >= 0.3 is 0 Å². The van der Waals surface area contributed by atoms with Crippen LogP contribution in [0, 0.1) is 11.3 Å². The summed E-state index contributed by atoms with van der Waals surface area (Å²) in [5.74, 6) is 1.00. The summed E-state index contributed by atoms with van der Waals surface area (Å²) in [5, 5.41) is 6.43. The van der Waals surface area contributed by atoms with E-state index in [1.165, 1.54) is 0 Å². The van der Waals surface area contributed by atoms with Crippen LogP contribution in [0.1, 0.15) is 40.0 Å². The molecule has 1 aliphatic heterocycles. The molecule has 0 aromatic carbocycles. The second-order valence-corrected chi connectivity index (χ2v) is 6.85. The smallest absolute Gasteiger partial charge is 0.224 e. The van der Waals surface area contributed by atoms with Crippen LogP contribution in [0.3, 0.4) is 0 Å². The highest BCUT2D eigenvalue weighted by Gasteiger charge is 2.24. The maximum absolute atomic E-state index is 11.3. The normalized spacial score (nSPS) is 16.2. The average Bonchev–Trinajstić information content (AvgIpc) is 2.56. The molecule has 7 nitrogen and oxygen atoms in total. The van der Waals surface area contributed by atoms with Gasteiger partial charge in [-0.3, -0.25) is 9.79 Å². The molecule has 8 heteroatoms. The van der Waals surface area contributed by atoms with Gasteiger partial charge in [0.2, 0.25) is 5.91 Å². The molecule has 0 aromatic heterocycles. The number of rotatable bonds is 10. The van der Waals surface area contributed by atoms with Crippen LogP contribution < -0.4 is 16.4 Å². The van der Waals surface area contributed by atoms with Crippen molar-refractivity contribution in [3.8, 4) is 0 Å². The summed E-state index contributed by atoms with van der Waals surface area (Å²) in [7, 11) is 0. The van der Waals surface area contributed by atoms with Crippen molar-refractivity contribution < 1.29 is 14.3 Å². The van der Waals surface area contributed by atoms with Gasteiger partial charge in [-0.1, -0.05) is 0 Å². The maximum Gasteiger partial charge on any atom is 0.224 e. The number of hydrogen-bond donors (Lipinski definition) is 3. The van der Waals surface area contributed by atoms with Crippen LogP contribution in [0.15, 0.2) is 4.99 Å². The quantitative estimate of drug-likeness (QED) is 0.195. The molecule has 1 saturated heterocycles. The highest BCUT2D eigenvalue weighted by atomic mass is 127. The molecule has 148 valence electrons. The van der Waals surface area contributed by atoms with E-state index in [-0.39, 0.29) is 29.9 Å². The Morgan fingerprint density at radius 2 is 2.00 bits per heavy atom. The van der Waals surface area contributed by atoms with Gasteiger partial charge in [0.25, 0.3) is 0 Å². The second kappa shape index (κ2) is 13.6. The summed E-state index contributed by atoms with van der Waals surface area (Å²) in [4.78, 5) is 15.8. The molecule has 0 atom stereocenters. The fraction of sp³-hybridized carbons (Fsp3) is 0.882. The molecule has 1 fully saturated rings. The molecule has 1 amide bonds. The first-order valence-electron chi connectivity index (χ1n) is 8.93. The highest BCUT2D eigenvalue weighted by molar-refractivity contribution is 14.0. The van der Waals surface area contributed by atoms with E-state index in [0.717, 1.165) is 58.8 Å². The van der Waals surface area contributed by atoms with Crippen LogP contribution in [-0.2, 0) is 14.3 Å². The molecule has 0 radical (unpaired) electrons. The summed E-state index contributed by atoms with van der Waals surface area (Å²) in [6.07, 6.45) is 3.11. The van der Waals surface area contributed by atoms with Crippen molar-refractivity contribution in [3.63, 3.8) is 0 Å². The largest absolute Gasteiger partial charge is 0.381 e. The Kier molecular flexibility index (Phi) is 13.2. The molecule has 0 aliphatic carbocycles. The first-order chi connectivity index (χ1) is 11.5. The number of carbonyl (C=O) groups is 1. The van der Waals surface area contributed by atoms with Gasteiger partial charge < -0.3 is 25.8 Å². The summed E-state index contributed by atoms with van der Waals surface area (Å²) in [5.41, 5.74) is 4.73. The lowest BCUT2D eigenvalue weighted by Crippen LogP contribution is -2.40. The maximum atomic E-state index is 11.3. The minimum absolute atomic E-state index is 0. The van der Waals surface area contributed by atoms with Gasteiger partial charge in [-0.25, -0.2) is 0 Å². The molecular formula is C17H35IN4O3.